The van der Waals surface area contributed by atoms with E-state index in [0.29, 0.717) is 60.0 Å². The van der Waals surface area contributed by atoms with E-state index in [-0.39, 0.29) is 12.3 Å². The van der Waals surface area contributed by atoms with Crippen molar-refractivity contribution >= 4 is 22.9 Å². The number of ether oxygens (including phenoxy) is 2. The van der Waals surface area contributed by atoms with Crippen LogP contribution in [0.25, 0.3) is 33.4 Å². The summed E-state index contributed by atoms with van der Waals surface area (Å²) in [5.41, 5.74) is 6.77. The molecule has 3 aromatic heterocycles. The van der Waals surface area contributed by atoms with Gasteiger partial charge >= 0.3 is 5.97 Å². The smallest absolute Gasteiger partial charge is 0.310 e. The fourth-order valence-corrected chi connectivity index (χ4v) is 6.15. The summed E-state index contributed by atoms with van der Waals surface area (Å²) < 4.78 is 28.2. The first-order chi connectivity index (χ1) is 22.3. The van der Waals surface area contributed by atoms with Crippen LogP contribution in [0.15, 0.2) is 30.5 Å². The second kappa shape index (κ2) is 13.8. The molecule has 1 aromatic carbocycles. The molecule has 5 heterocycles. The molecule has 0 aliphatic carbocycles. The highest BCUT2D eigenvalue weighted by Gasteiger charge is 2.27. The van der Waals surface area contributed by atoms with Gasteiger partial charge in [0, 0.05) is 61.6 Å². The van der Waals surface area contributed by atoms with Crippen LogP contribution in [0.1, 0.15) is 60.1 Å². The van der Waals surface area contributed by atoms with E-state index in [1.54, 1.807) is 27.0 Å². The van der Waals surface area contributed by atoms with Crippen molar-refractivity contribution in [2.24, 2.45) is 7.05 Å². The topological polar surface area (TPSA) is 119 Å². The molecule has 2 N–H and O–H groups in total. The van der Waals surface area contributed by atoms with Crippen LogP contribution in [0.4, 0.5) is 4.39 Å². The number of carbonyl (C=O) groups is 2. The van der Waals surface area contributed by atoms with E-state index in [4.69, 9.17) is 19.6 Å². The summed E-state index contributed by atoms with van der Waals surface area (Å²) in [6.07, 6.45) is 3.17. The number of rotatable bonds is 5. The van der Waals surface area contributed by atoms with Gasteiger partial charge in [0.2, 0.25) is 0 Å². The van der Waals surface area contributed by atoms with Crippen LogP contribution in [-0.4, -0.2) is 81.9 Å². The molecule has 250 valence electrons. The average molecular weight is 646 g/mol. The van der Waals surface area contributed by atoms with Gasteiger partial charge in [-0.25, -0.2) is 9.37 Å². The molecule has 0 bridgehead atoms. The number of methoxy groups -OCH3 is 1. The third-order valence-electron chi connectivity index (χ3n) is 8.42. The number of amides is 1. The number of halogens is 1. The minimum atomic E-state index is -0.500. The highest BCUT2D eigenvalue weighted by atomic mass is 19.1. The van der Waals surface area contributed by atoms with Crippen molar-refractivity contribution < 1.29 is 28.6 Å². The molecule has 10 nitrogen and oxygen atoms in total. The van der Waals surface area contributed by atoms with E-state index >= 15 is 4.39 Å². The minimum Gasteiger partial charge on any atom is -0.490 e. The Morgan fingerprint density at radius 3 is 2.53 bits per heavy atom. The van der Waals surface area contributed by atoms with Gasteiger partial charge in [0.1, 0.15) is 11.3 Å². The minimum absolute atomic E-state index is 0.00191. The van der Waals surface area contributed by atoms with Crippen LogP contribution in [0.5, 0.6) is 5.75 Å². The average Bonchev–Trinajstić information content (AvgIpc) is 3.37. The summed E-state index contributed by atoms with van der Waals surface area (Å²) in [5, 5.41) is 12.6. The number of hydrogen-bond acceptors (Lipinski definition) is 8. The zero-order valence-corrected chi connectivity index (χ0v) is 28.3. The van der Waals surface area contributed by atoms with E-state index in [1.165, 1.54) is 13.2 Å². The Balaban J connectivity index is 0.000000807. The number of aromatic nitrogens is 3. The van der Waals surface area contributed by atoms with Crippen LogP contribution >= 0.6 is 0 Å². The first-order valence-electron chi connectivity index (χ1n) is 16.0. The number of aliphatic hydroxyl groups is 1. The Labute approximate surface area is 274 Å². The second-order valence-corrected chi connectivity index (χ2v) is 13.1. The molecule has 0 atom stereocenters. The van der Waals surface area contributed by atoms with Crippen molar-refractivity contribution in [1.82, 2.24) is 24.8 Å². The largest absolute Gasteiger partial charge is 0.490 e. The van der Waals surface area contributed by atoms with Crippen LogP contribution in [0.3, 0.4) is 0 Å². The Morgan fingerprint density at radius 2 is 1.85 bits per heavy atom. The normalized spacial score (nSPS) is 14.6. The highest BCUT2D eigenvalue weighted by Crippen LogP contribution is 2.43. The van der Waals surface area contributed by atoms with E-state index in [0.717, 1.165) is 52.8 Å². The van der Waals surface area contributed by atoms with Crippen molar-refractivity contribution in [3.05, 3.63) is 64.4 Å². The van der Waals surface area contributed by atoms with E-state index in [2.05, 4.69) is 10.3 Å². The van der Waals surface area contributed by atoms with Crippen molar-refractivity contribution in [3.8, 4) is 28.1 Å². The number of fused-ring (bicyclic) bond motifs is 2. The Morgan fingerprint density at radius 1 is 1.15 bits per heavy atom. The quantitative estimate of drug-likeness (QED) is 0.294. The molecule has 11 heteroatoms. The fraction of sp³-hybridized carbons (Fsp3) is 0.444. The van der Waals surface area contributed by atoms with E-state index in [1.807, 2.05) is 48.6 Å². The van der Waals surface area contributed by atoms with E-state index in [9.17, 15) is 9.59 Å². The molecule has 0 spiro atoms. The van der Waals surface area contributed by atoms with Crippen molar-refractivity contribution in [2.45, 2.75) is 59.5 Å². The zero-order valence-electron chi connectivity index (χ0n) is 28.3. The molecule has 4 aromatic rings. The Bertz CT molecular complexity index is 1820. The lowest BCUT2D eigenvalue weighted by molar-refractivity contribution is -0.139. The predicted octanol–water partition coefficient (Wildman–Crippen LogP) is 4.92. The summed E-state index contributed by atoms with van der Waals surface area (Å²) in [5.74, 6) is -0.611. The SMILES string of the molecule is CC(C)(C)O.COC(=O)Cc1c(C)nc2c(cc(-c3ccnc(C(=O)N4CCNCC4)c3)n2C)c1-c1cc(F)c2c(c1C)CCCO2. The number of nitrogens with one attached hydrogen (secondary N) is 1. The summed E-state index contributed by atoms with van der Waals surface area (Å²) in [4.78, 5) is 36.9. The number of hydrogen-bond donors (Lipinski definition) is 2. The maximum Gasteiger partial charge on any atom is 0.310 e. The second-order valence-electron chi connectivity index (χ2n) is 13.1. The third-order valence-corrected chi connectivity index (χ3v) is 8.42. The van der Waals surface area contributed by atoms with Gasteiger partial charge in [0.05, 0.1) is 31.4 Å². The molecule has 1 amide bonds. The summed E-state index contributed by atoms with van der Waals surface area (Å²) in [6, 6.07) is 7.19. The van der Waals surface area contributed by atoms with Gasteiger partial charge in [0.15, 0.2) is 11.6 Å². The fourth-order valence-electron chi connectivity index (χ4n) is 6.15. The number of pyridine rings is 2. The molecule has 1 saturated heterocycles. The maximum absolute atomic E-state index is 15.5. The molecular formula is C36H44FN5O5. The monoisotopic (exact) mass is 645 g/mol. The van der Waals surface area contributed by atoms with Crippen molar-refractivity contribution in [3.63, 3.8) is 0 Å². The molecule has 2 aliphatic heterocycles. The molecule has 47 heavy (non-hydrogen) atoms. The molecular weight excluding hydrogens is 601 g/mol. The number of esters is 1. The van der Waals surface area contributed by atoms with Gasteiger partial charge < -0.3 is 29.4 Å². The Kier molecular flexibility index (Phi) is 9.97. The number of nitrogens with zero attached hydrogens (tertiary/aromatic N) is 4. The van der Waals surface area contributed by atoms with Crippen LogP contribution in [-0.2, 0) is 29.4 Å². The molecule has 0 radical (unpaired) electrons. The summed E-state index contributed by atoms with van der Waals surface area (Å²) in [7, 11) is 3.27. The summed E-state index contributed by atoms with van der Waals surface area (Å²) >= 11 is 0. The highest BCUT2D eigenvalue weighted by molar-refractivity contribution is 6.01. The van der Waals surface area contributed by atoms with Crippen molar-refractivity contribution in [2.75, 3.05) is 39.9 Å². The first kappa shape index (κ1) is 34.0. The molecule has 0 unspecified atom stereocenters. The van der Waals surface area contributed by atoms with Gasteiger partial charge in [-0.05, 0) is 94.0 Å². The summed E-state index contributed by atoms with van der Waals surface area (Å²) in [6.45, 7) is 12.3. The van der Waals surface area contributed by atoms with Gasteiger partial charge in [-0.1, -0.05) is 0 Å². The number of carbonyl (C=O) groups excluding carboxylic acids is 2. The number of piperazine rings is 1. The van der Waals surface area contributed by atoms with Gasteiger partial charge in [0.25, 0.3) is 5.91 Å². The van der Waals surface area contributed by atoms with Gasteiger partial charge in [-0.15, -0.1) is 0 Å². The number of benzene rings is 1. The van der Waals surface area contributed by atoms with Gasteiger partial charge in [-0.2, -0.15) is 0 Å². The Hall–Kier alpha value is -4.35. The number of aryl methyl sites for hydroxylation is 2. The van der Waals surface area contributed by atoms with Crippen LogP contribution in [0, 0.1) is 19.7 Å². The van der Waals surface area contributed by atoms with E-state index < -0.39 is 17.4 Å². The predicted molar refractivity (Wildman–Crippen MR) is 179 cm³/mol. The lowest BCUT2D eigenvalue weighted by Gasteiger charge is -2.27. The maximum atomic E-state index is 15.5. The lowest BCUT2D eigenvalue weighted by Crippen LogP contribution is -2.46. The zero-order chi connectivity index (χ0) is 34.0. The van der Waals surface area contributed by atoms with Crippen LogP contribution < -0.4 is 10.1 Å². The van der Waals surface area contributed by atoms with Crippen molar-refractivity contribution in [1.29, 1.82) is 0 Å². The standard InChI is InChI=1S/C32H34FN5O4.C4H10O/c1-18-21-6-5-13-42-30(21)25(33)15-22(18)29-23(17-28(39)41-4)19(2)36-31-24(29)16-27(37(31)3)20-7-8-35-26(14-20)32(40)38-11-9-34-10-12-38;1-4(2,3)5/h7-8,14-16,34H,5-6,9-13,17H2,1-4H3;5H,1-3H3. The molecule has 2 aliphatic rings. The molecule has 1 fully saturated rings. The van der Waals surface area contributed by atoms with Gasteiger partial charge in [-0.3, -0.25) is 14.6 Å². The first-order valence-corrected chi connectivity index (χ1v) is 16.0. The molecule has 0 saturated carbocycles. The third kappa shape index (κ3) is 7.31. The molecule has 6 rings (SSSR count). The lowest BCUT2D eigenvalue weighted by atomic mass is 9.87. The van der Waals surface area contributed by atoms with Crippen LogP contribution in [0.2, 0.25) is 0 Å².